The van der Waals surface area contributed by atoms with Crippen molar-refractivity contribution in [3.63, 3.8) is 0 Å². The van der Waals surface area contributed by atoms with E-state index in [4.69, 9.17) is 4.74 Å². The molecule has 2 aromatic carbocycles. The topological polar surface area (TPSA) is 51.3 Å². The van der Waals surface area contributed by atoms with Crippen molar-refractivity contribution in [2.45, 2.75) is 13.0 Å². The molecule has 124 valence electrons. The molecule has 24 heavy (non-hydrogen) atoms. The number of methoxy groups -OCH3 is 1. The van der Waals surface area contributed by atoms with E-state index in [1.54, 1.807) is 24.3 Å². The number of carbonyl (C=O) groups is 1. The summed E-state index contributed by atoms with van der Waals surface area (Å²) in [5.41, 5.74) is 3.23. The number of carbonyl (C=O) groups excluding carboxylic acids is 1. The van der Waals surface area contributed by atoms with Crippen molar-refractivity contribution in [3.8, 4) is 5.75 Å². The van der Waals surface area contributed by atoms with E-state index in [1.807, 2.05) is 12.1 Å². The number of esters is 1. The number of aromatic amines is 1. The maximum Gasteiger partial charge on any atom is 0.387 e. The van der Waals surface area contributed by atoms with Crippen molar-refractivity contribution >= 4 is 16.9 Å². The van der Waals surface area contributed by atoms with Gasteiger partial charge in [0.1, 0.15) is 5.75 Å². The molecule has 0 aliphatic carbocycles. The molecule has 0 spiro atoms. The summed E-state index contributed by atoms with van der Waals surface area (Å²) < 4.78 is 33.3. The number of rotatable bonds is 5. The molecule has 0 unspecified atom stereocenters. The number of hydrogen-bond acceptors (Lipinski definition) is 3. The normalized spacial score (nSPS) is 11.0. The summed E-state index contributed by atoms with van der Waals surface area (Å²) in [5.74, 6) is -0.254. The van der Waals surface area contributed by atoms with Gasteiger partial charge >= 0.3 is 12.6 Å². The van der Waals surface area contributed by atoms with Crippen LogP contribution in [0.3, 0.4) is 0 Å². The van der Waals surface area contributed by atoms with Gasteiger partial charge in [0, 0.05) is 17.6 Å². The van der Waals surface area contributed by atoms with E-state index in [9.17, 15) is 13.6 Å². The van der Waals surface area contributed by atoms with Crippen molar-refractivity contribution in [2.24, 2.45) is 0 Å². The molecule has 1 heterocycles. The molecule has 0 fully saturated rings. The van der Waals surface area contributed by atoms with E-state index in [0.29, 0.717) is 12.0 Å². The second kappa shape index (κ2) is 6.70. The van der Waals surface area contributed by atoms with Crippen LogP contribution in [0.2, 0.25) is 0 Å². The van der Waals surface area contributed by atoms with E-state index in [2.05, 4.69) is 9.72 Å². The monoisotopic (exact) mass is 331 g/mol. The Morgan fingerprint density at radius 3 is 2.54 bits per heavy atom. The molecule has 0 aliphatic heterocycles. The van der Waals surface area contributed by atoms with Gasteiger partial charge in [0.15, 0.2) is 0 Å². The first-order chi connectivity index (χ1) is 11.5. The van der Waals surface area contributed by atoms with Gasteiger partial charge in [-0.1, -0.05) is 18.2 Å². The van der Waals surface area contributed by atoms with Crippen molar-refractivity contribution in [1.29, 1.82) is 0 Å². The lowest BCUT2D eigenvalue weighted by atomic mass is 10.1. The van der Waals surface area contributed by atoms with Gasteiger partial charge in [-0.2, -0.15) is 8.78 Å². The van der Waals surface area contributed by atoms with E-state index in [0.717, 1.165) is 22.2 Å². The Morgan fingerprint density at radius 2 is 1.88 bits per heavy atom. The number of ether oxygens (including phenoxy) is 2. The number of alkyl halides is 2. The fourth-order valence-corrected chi connectivity index (χ4v) is 2.54. The maximum absolute atomic E-state index is 12.1. The van der Waals surface area contributed by atoms with Crippen LogP contribution in [-0.2, 0) is 11.2 Å². The largest absolute Gasteiger partial charge is 0.465 e. The molecule has 0 radical (unpaired) electrons. The van der Waals surface area contributed by atoms with Crippen molar-refractivity contribution < 1.29 is 23.0 Å². The third-order valence-electron chi connectivity index (χ3n) is 3.64. The molecule has 0 bridgehead atoms. The summed E-state index contributed by atoms with van der Waals surface area (Å²) in [6, 6.07) is 13.8. The number of aromatic nitrogens is 1. The number of benzene rings is 2. The van der Waals surface area contributed by atoms with Crippen LogP contribution in [0.5, 0.6) is 5.75 Å². The fourth-order valence-electron chi connectivity index (χ4n) is 2.54. The molecule has 1 aromatic heterocycles. The van der Waals surface area contributed by atoms with Gasteiger partial charge in [-0.15, -0.1) is 0 Å². The minimum absolute atomic E-state index is 0.133. The zero-order chi connectivity index (χ0) is 17.1. The minimum atomic E-state index is -2.83. The molecule has 0 aliphatic rings. The second-order valence-electron chi connectivity index (χ2n) is 5.29. The first-order valence-corrected chi connectivity index (χ1v) is 7.29. The van der Waals surface area contributed by atoms with Gasteiger partial charge in [0.25, 0.3) is 0 Å². The molecular formula is C18H15F2NO3. The van der Waals surface area contributed by atoms with Crippen molar-refractivity contribution in [3.05, 3.63) is 65.4 Å². The van der Waals surface area contributed by atoms with Crippen molar-refractivity contribution in [1.82, 2.24) is 4.98 Å². The Bertz CT molecular complexity index is 856. The van der Waals surface area contributed by atoms with Gasteiger partial charge < -0.3 is 14.5 Å². The predicted molar refractivity (Wildman–Crippen MR) is 85.5 cm³/mol. The summed E-state index contributed by atoms with van der Waals surface area (Å²) in [7, 11) is 1.34. The third-order valence-corrected chi connectivity index (χ3v) is 3.64. The van der Waals surface area contributed by atoms with Crippen LogP contribution < -0.4 is 4.74 Å². The highest BCUT2D eigenvalue weighted by atomic mass is 19.3. The van der Waals surface area contributed by atoms with Crippen LogP contribution in [-0.4, -0.2) is 24.7 Å². The van der Waals surface area contributed by atoms with E-state index < -0.39 is 6.61 Å². The van der Waals surface area contributed by atoms with Crippen LogP contribution in [0.1, 0.15) is 21.6 Å². The smallest absolute Gasteiger partial charge is 0.387 e. The number of halogens is 2. The van der Waals surface area contributed by atoms with E-state index in [1.165, 1.54) is 19.2 Å². The SMILES string of the molecule is COC(=O)c1ccc2cc(Cc3ccc(OC(F)F)cc3)[nH]c2c1. The molecule has 3 aromatic rings. The molecule has 0 saturated carbocycles. The molecular weight excluding hydrogens is 316 g/mol. The molecule has 6 heteroatoms. The van der Waals surface area contributed by atoms with Gasteiger partial charge in [0.2, 0.25) is 0 Å². The lowest BCUT2D eigenvalue weighted by Crippen LogP contribution is -2.01. The Morgan fingerprint density at radius 1 is 1.12 bits per heavy atom. The minimum Gasteiger partial charge on any atom is -0.465 e. The van der Waals surface area contributed by atoms with Gasteiger partial charge in [-0.25, -0.2) is 4.79 Å². The number of H-pyrrole nitrogens is 1. The Balaban J connectivity index is 1.78. The van der Waals surface area contributed by atoms with Crippen LogP contribution >= 0.6 is 0 Å². The van der Waals surface area contributed by atoms with Crippen LogP contribution in [0, 0.1) is 0 Å². The predicted octanol–water partition coefficient (Wildman–Crippen LogP) is 4.15. The highest BCUT2D eigenvalue weighted by Crippen LogP contribution is 2.21. The highest BCUT2D eigenvalue weighted by molar-refractivity contribution is 5.94. The summed E-state index contributed by atoms with van der Waals surface area (Å²) in [4.78, 5) is 14.8. The molecule has 0 amide bonds. The number of nitrogens with one attached hydrogen (secondary N) is 1. The van der Waals surface area contributed by atoms with Crippen LogP contribution in [0.4, 0.5) is 8.78 Å². The summed E-state index contributed by atoms with van der Waals surface area (Å²) in [5, 5.41) is 0.982. The Hall–Kier alpha value is -2.89. The Labute approximate surface area is 137 Å². The maximum atomic E-state index is 12.1. The second-order valence-corrected chi connectivity index (χ2v) is 5.29. The van der Waals surface area contributed by atoms with Crippen LogP contribution in [0.15, 0.2) is 48.5 Å². The standard InChI is InChI=1S/C18H15F2NO3/c1-23-17(22)13-5-4-12-9-14(21-16(12)10-13)8-11-2-6-15(7-3-11)24-18(19)20/h2-7,9-10,18,21H,8H2,1H3. The first kappa shape index (κ1) is 16.0. The van der Waals surface area contributed by atoms with E-state index >= 15 is 0 Å². The highest BCUT2D eigenvalue weighted by Gasteiger charge is 2.09. The molecule has 4 nitrogen and oxygen atoms in total. The molecule has 3 rings (SSSR count). The number of fused-ring (bicyclic) bond motifs is 1. The quantitative estimate of drug-likeness (QED) is 0.715. The Kier molecular flexibility index (Phi) is 4.46. The van der Waals surface area contributed by atoms with Gasteiger partial charge in [-0.05, 0) is 41.3 Å². The zero-order valence-corrected chi connectivity index (χ0v) is 12.9. The molecule has 0 atom stereocenters. The average molecular weight is 331 g/mol. The van der Waals surface area contributed by atoms with Crippen molar-refractivity contribution in [2.75, 3.05) is 7.11 Å². The average Bonchev–Trinajstić information content (AvgIpc) is 2.96. The first-order valence-electron chi connectivity index (χ1n) is 7.29. The summed E-state index contributed by atoms with van der Waals surface area (Å²) in [6.45, 7) is -2.83. The molecule has 0 saturated heterocycles. The lowest BCUT2D eigenvalue weighted by Gasteiger charge is -2.05. The van der Waals surface area contributed by atoms with Crippen LogP contribution in [0.25, 0.3) is 10.9 Å². The summed E-state index contributed by atoms with van der Waals surface area (Å²) >= 11 is 0. The third kappa shape index (κ3) is 3.53. The zero-order valence-electron chi connectivity index (χ0n) is 12.9. The van der Waals surface area contributed by atoms with E-state index in [-0.39, 0.29) is 11.7 Å². The number of hydrogen-bond donors (Lipinski definition) is 1. The summed E-state index contributed by atoms with van der Waals surface area (Å²) in [6.07, 6.45) is 0.608. The fraction of sp³-hybridized carbons (Fsp3) is 0.167. The van der Waals surface area contributed by atoms with Gasteiger partial charge in [0.05, 0.1) is 12.7 Å². The molecule has 1 N–H and O–H groups in total. The lowest BCUT2D eigenvalue weighted by molar-refractivity contribution is -0.0498. The van der Waals surface area contributed by atoms with Gasteiger partial charge in [-0.3, -0.25) is 0 Å².